The standard InChI is InChI=1S/C16H23N3O3/c17-14(20)16(6-2-1-3-7-16)13-5-4-8-19(13)15(21)18-9-11-22-12-10-18/h4-5,8H,1-3,6-7,9-12H2,(H2,17,20). The number of rotatable bonds is 2. The Labute approximate surface area is 130 Å². The van der Waals surface area contributed by atoms with Gasteiger partial charge < -0.3 is 15.4 Å². The van der Waals surface area contributed by atoms with E-state index in [4.69, 9.17) is 10.5 Å². The van der Waals surface area contributed by atoms with Crippen molar-refractivity contribution in [1.29, 1.82) is 0 Å². The summed E-state index contributed by atoms with van der Waals surface area (Å²) in [7, 11) is 0. The highest BCUT2D eigenvalue weighted by molar-refractivity contribution is 5.88. The van der Waals surface area contributed by atoms with E-state index >= 15 is 0 Å². The predicted molar refractivity (Wildman–Crippen MR) is 81.6 cm³/mol. The highest BCUT2D eigenvalue weighted by Gasteiger charge is 2.42. The number of aromatic nitrogens is 1. The third-order valence-corrected chi connectivity index (χ3v) is 4.91. The fourth-order valence-corrected chi connectivity index (χ4v) is 3.63. The first-order valence-electron chi connectivity index (χ1n) is 8.00. The highest BCUT2D eigenvalue weighted by Crippen LogP contribution is 2.39. The number of nitrogens with zero attached hydrogens (tertiary/aromatic N) is 2. The molecule has 2 aliphatic rings. The first-order chi connectivity index (χ1) is 10.6. The van der Waals surface area contributed by atoms with Crippen molar-refractivity contribution < 1.29 is 14.3 Å². The lowest BCUT2D eigenvalue weighted by molar-refractivity contribution is -0.124. The molecule has 0 atom stereocenters. The summed E-state index contributed by atoms with van der Waals surface area (Å²) in [5.41, 5.74) is 5.79. The zero-order valence-corrected chi connectivity index (χ0v) is 12.8. The number of hydrogen-bond acceptors (Lipinski definition) is 3. The molecule has 1 aliphatic heterocycles. The van der Waals surface area contributed by atoms with Crippen LogP contribution in [0.4, 0.5) is 4.79 Å². The van der Waals surface area contributed by atoms with Crippen LogP contribution in [-0.2, 0) is 14.9 Å². The fraction of sp³-hybridized carbons (Fsp3) is 0.625. The molecule has 1 aromatic heterocycles. The number of hydrogen-bond donors (Lipinski definition) is 1. The number of carbonyl (C=O) groups is 2. The molecule has 120 valence electrons. The van der Waals surface area contributed by atoms with Crippen LogP contribution in [0.3, 0.4) is 0 Å². The number of amides is 2. The summed E-state index contributed by atoms with van der Waals surface area (Å²) < 4.78 is 6.91. The number of carbonyl (C=O) groups excluding carboxylic acids is 2. The lowest BCUT2D eigenvalue weighted by atomic mass is 9.71. The molecular weight excluding hydrogens is 282 g/mol. The molecule has 2 N–H and O–H groups in total. The van der Waals surface area contributed by atoms with E-state index in [-0.39, 0.29) is 11.9 Å². The van der Waals surface area contributed by atoms with Gasteiger partial charge >= 0.3 is 6.03 Å². The first kappa shape index (κ1) is 15.1. The van der Waals surface area contributed by atoms with Gasteiger partial charge in [-0.3, -0.25) is 9.36 Å². The van der Waals surface area contributed by atoms with Gasteiger partial charge in [-0.1, -0.05) is 19.3 Å². The second kappa shape index (κ2) is 6.12. The molecule has 0 spiro atoms. The van der Waals surface area contributed by atoms with E-state index in [9.17, 15) is 9.59 Å². The van der Waals surface area contributed by atoms with Gasteiger partial charge in [-0.2, -0.15) is 0 Å². The minimum absolute atomic E-state index is 0.0884. The maximum atomic E-state index is 12.8. The van der Waals surface area contributed by atoms with E-state index in [0.29, 0.717) is 26.3 Å². The summed E-state index contributed by atoms with van der Waals surface area (Å²) in [5, 5.41) is 0. The number of primary amides is 1. The quantitative estimate of drug-likeness (QED) is 0.899. The van der Waals surface area contributed by atoms with Gasteiger partial charge in [0, 0.05) is 25.0 Å². The van der Waals surface area contributed by atoms with Crippen LogP contribution in [0, 0.1) is 0 Å². The molecule has 1 saturated heterocycles. The molecule has 1 saturated carbocycles. The summed E-state index contributed by atoms with van der Waals surface area (Å²) in [4.78, 5) is 26.7. The normalized spacial score (nSPS) is 21.5. The zero-order chi connectivity index (χ0) is 15.6. The van der Waals surface area contributed by atoms with Crippen molar-refractivity contribution in [1.82, 2.24) is 9.47 Å². The molecule has 6 nitrogen and oxygen atoms in total. The van der Waals surface area contributed by atoms with Gasteiger partial charge in [0.1, 0.15) is 0 Å². The summed E-state index contributed by atoms with van der Waals surface area (Å²) in [6.45, 7) is 2.28. The van der Waals surface area contributed by atoms with Gasteiger partial charge in [-0.05, 0) is 25.0 Å². The van der Waals surface area contributed by atoms with Crippen LogP contribution in [0.2, 0.25) is 0 Å². The molecule has 0 aromatic carbocycles. The van der Waals surface area contributed by atoms with E-state index < -0.39 is 5.41 Å². The van der Waals surface area contributed by atoms with Crippen molar-refractivity contribution in [3.05, 3.63) is 24.0 Å². The van der Waals surface area contributed by atoms with Gasteiger partial charge in [0.2, 0.25) is 5.91 Å². The summed E-state index contributed by atoms with van der Waals surface area (Å²) in [6, 6.07) is 3.61. The van der Waals surface area contributed by atoms with E-state index in [1.807, 2.05) is 12.1 Å². The zero-order valence-electron chi connectivity index (χ0n) is 12.8. The minimum Gasteiger partial charge on any atom is -0.378 e. The Balaban J connectivity index is 1.93. The van der Waals surface area contributed by atoms with Crippen molar-refractivity contribution in [2.75, 3.05) is 26.3 Å². The van der Waals surface area contributed by atoms with Crippen LogP contribution in [0.15, 0.2) is 18.3 Å². The topological polar surface area (TPSA) is 77.6 Å². The van der Waals surface area contributed by atoms with Crippen molar-refractivity contribution in [2.45, 2.75) is 37.5 Å². The molecule has 0 bridgehead atoms. The fourth-order valence-electron chi connectivity index (χ4n) is 3.63. The summed E-state index contributed by atoms with van der Waals surface area (Å²) in [6.07, 6.45) is 6.25. The Morgan fingerprint density at radius 1 is 1.14 bits per heavy atom. The van der Waals surface area contributed by atoms with Crippen LogP contribution >= 0.6 is 0 Å². The Kier molecular flexibility index (Phi) is 4.20. The molecule has 2 heterocycles. The van der Waals surface area contributed by atoms with Crippen LogP contribution in [0.25, 0.3) is 0 Å². The Morgan fingerprint density at radius 2 is 1.82 bits per heavy atom. The van der Waals surface area contributed by atoms with E-state index in [0.717, 1.165) is 37.8 Å². The van der Waals surface area contributed by atoms with Crippen LogP contribution in [0.5, 0.6) is 0 Å². The molecule has 0 unspecified atom stereocenters. The molecular formula is C16H23N3O3. The molecule has 2 amide bonds. The smallest absolute Gasteiger partial charge is 0.328 e. The number of ether oxygens (including phenoxy) is 1. The van der Waals surface area contributed by atoms with Crippen LogP contribution in [-0.4, -0.2) is 47.7 Å². The molecule has 1 aromatic rings. The van der Waals surface area contributed by atoms with Gasteiger partial charge in [0.15, 0.2) is 0 Å². The van der Waals surface area contributed by atoms with Crippen molar-refractivity contribution in [3.8, 4) is 0 Å². The third-order valence-electron chi connectivity index (χ3n) is 4.91. The lowest BCUT2D eigenvalue weighted by Crippen LogP contribution is -2.48. The second-order valence-corrected chi connectivity index (χ2v) is 6.15. The van der Waals surface area contributed by atoms with E-state index in [2.05, 4.69) is 0 Å². The Hall–Kier alpha value is -1.82. The predicted octanol–water partition coefficient (Wildman–Crippen LogP) is 1.48. The average Bonchev–Trinajstić information content (AvgIpc) is 3.05. The maximum absolute atomic E-state index is 12.8. The van der Waals surface area contributed by atoms with E-state index in [1.54, 1.807) is 15.7 Å². The van der Waals surface area contributed by atoms with Gasteiger partial charge in [0.05, 0.1) is 18.6 Å². The Morgan fingerprint density at radius 3 is 2.45 bits per heavy atom. The molecule has 2 fully saturated rings. The summed E-state index contributed by atoms with van der Waals surface area (Å²) in [5.74, 6) is -0.318. The average molecular weight is 305 g/mol. The molecule has 1 aliphatic carbocycles. The van der Waals surface area contributed by atoms with Crippen LogP contribution in [0.1, 0.15) is 37.8 Å². The number of morpholine rings is 1. The number of nitrogens with two attached hydrogens (primary N) is 1. The van der Waals surface area contributed by atoms with Crippen LogP contribution < -0.4 is 5.73 Å². The van der Waals surface area contributed by atoms with Gasteiger partial charge in [0.25, 0.3) is 0 Å². The van der Waals surface area contributed by atoms with Gasteiger partial charge in [-0.15, -0.1) is 0 Å². The largest absolute Gasteiger partial charge is 0.378 e. The first-order valence-corrected chi connectivity index (χ1v) is 8.00. The van der Waals surface area contributed by atoms with Crippen molar-refractivity contribution in [2.24, 2.45) is 5.73 Å². The summed E-state index contributed by atoms with van der Waals surface area (Å²) >= 11 is 0. The lowest BCUT2D eigenvalue weighted by Gasteiger charge is -2.36. The van der Waals surface area contributed by atoms with Gasteiger partial charge in [-0.25, -0.2) is 4.79 Å². The molecule has 22 heavy (non-hydrogen) atoms. The SMILES string of the molecule is NC(=O)C1(c2cccn2C(=O)N2CCOCC2)CCCCC1. The monoisotopic (exact) mass is 305 g/mol. The van der Waals surface area contributed by atoms with Crippen molar-refractivity contribution >= 4 is 11.9 Å². The third kappa shape index (κ3) is 2.52. The van der Waals surface area contributed by atoms with E-state index in [1.165, 1.54) is 0 Å². The molecule has 3 rings (SSSR count). The Bertz CT molecular complexity index is 555. The molecule has 6 heteroatoms. The van der Waals surface area contributed by atoms with Crippen molar-refractivity contribution in [3.63, 3.8) is 0 Å². The minimum atomic E-state index is -0.705. The highest BCUT2D eigenvalue weighted by atomic mass is 16.5. The molecule has 0 radical (unpaired) electrons. The second-order valence-electron chi connectivity index (χ2n) is 6.15. The maximum Gasteiger partial charge on any atom is 0.328 e.